The number of anilines is 1. The van der Waals surface area contributed by atoms with E-state index in [-0.39, 0.29) is 0 Å². The molecule has 1 N–H and O–H groups in total. The topological polar surface area (TPSA) is 28.2 Å². The fourth-order valence-corrected chi connectivity index (χ4v) is 2.45. The Hall–Kier alpha value is -1.30. The minimum atomic E-state index is -4.37. The summed E-state index contributed by atoms with van der Waals surface area (Å²) in [5.41, 5.74) is -0.0591. The average Bonchev–Trinajstić information content (AvgIpc) is 2.38. The van der Waals surface area contributed by atoms with Gasteiger partial charge in [-0.25, -0.2) is 4.98 Å². The van der Waals surface area contributed by atoms with E-state index in [1.807, 2.05) is 0 Å². The molecule has 3 nitrogen and oxygen atoms in total. The summed E-state index contributed by atoms with van der Waals surface area (Å²) < 4.78 is 37.5. The van der Waals surface area contributed by atoms with E-state index < -0.39 is 11.9 Å². The van der Waals surface area contributed by atoms with Crippen LogP contribution in [0.15, 0.2) is 18.3 Å². The highest BCUT2D eigenvalue weighted by atomic mass is 19.4. The van der Waals surface area contributed by atoms with Crippen LogP contribution in [0.1, 0.15) is 31.9 Å². The third kappa shape index (κ3) is 3.85. The van der Waals surface area contributed by atoms with Crippen molar-refractivity contribution in [1.82, 2.24) is 10.3 Å². The number of pyridine rings is 1. The minimum Gasteiger partial charge on any atom is -0.370 e. The zero-order valence-corrected chi connectivity index (χ0v) is 11.6. The molecule has 0 aromatic carbocycles. The van der Waals surface area contributed by atoms with E-state index in [9.17, 15) is 13.2 Å². The van der Waals surface area contributed by atoms with Crippen molar-refractivity contribution in [3.05, 3.63) is 24.0 Å². The summed E-state index contributed by atoms with van der Waals surface area (Å²) in [7, 11) is 0. The summed E-state index contributed by atoms with van der Waals surface area (Å²) in [5.74, 6) is 0. The SMILES string of the molecule is CCC1CCN(c2ccc(C(F)(F)F)nc2)CCCN1. The maximum absolute atomic E-state index is 12.5. The Kier molecular flexibility index (Phi) is 4.86. The quantitative estimate of drug-likeness (QED) is 0.906. The van der Waals surface area contributed by atoms with Crippen LogP contribution < -0.4 is 10.2 Å². The molecule has 112 valence electrons. The second-order valence-corrected chi connectivity index (χ2v) is 5.09. The lowest BCUT2D eigenvalue weighted by Crippen LogP contribution is -2.39. The predicted octanol–water partition coefficient (Wildman–Crippen LogP) is 3.07. The highest BCUT2D eigenvalue weighted by Crippen LogP contribution is 2.28. The van der Waals surface area contributed by atoms with Crippen LogP contribution in [-0.2, 0) is 6.18 Å². The Morgan fingerprint density at radius 2 is 2.15 bits per heavy atom. The molecule has 0 radical (unpaired) electrons. The molecule has 2 rings (SSSR count). The van der Waals surface area contributed by atoms with Crippen molar-refractivity contribution < 1.29 is 13.2 Å². The Labute approximate surface area is 117 Å². The molecule has 1 atom stereocenters. The Morgan fingerprint density at radius 3 is 2.75 bits per heavy atom. The summed E-state index contributed by atoms with van der Waals surface area (Å²) in [6.45, 7) is 4.78. The van der Waals surface area contributed by atoms with E-state index in [0.29, 0.717) is 6.04 Å². The molecule has 20 heavy (non-hydrogen) atoms. The predicted molar refractivity (Wildman–Crippen MR) is 72.8 cm³/mol. The highest BCUT2D eigenvalue weighted by molar-refractivity contribution is 5.44. The van der Waals surface area contributed by atoms with Crippen LogP contribution in [-0.4, -0.2) is 30.7 Å². The number of alkyl halides is 3. The van der Waals surface area contributed by atoms with Gasteiger partial charge in [0.15, 0.2) is 0 Å². The standard InChI is InChI=1S/C14H20F3N3/c1-2-11-6-9-20(8-3-7-18-11)12-4-5-13(19-10-12)14(15,16)17/h4-5,10-11,18H,2-3,6-9H2,1H3. The number of halogens is 3. The molecule has 0 saturated carbocycles. The average molecular weight is 287 g/mol. The lowest BCUT2D eigenvalue weighted by Gasteiger charge is -2.30. The van der Waals surface area contributed by atoms with Gasteiger partial charge in [-0.2, -0.15) is 13.2 Å². The van der Waals surface area contributed by atoms with Crippen LogP contribution in [0.4, 0.5) is 18.9 Å². The second-order valence-electron chi connectivity index (χ2n) is 5.09. The maximum atomic E-state index is 12.5. The summed E-state index contributed by atoms with van der Waals surface area (Å²) in [4.78, 5) is 5.66. The molecule has 1 saturated heterocycles. The number of rotatable bonds is 2. The van der Waals surface area contributed by atoms with Gasteiger partial charge in [0.1, 0.15) is 5.69 Å². The van der Waals surface area contributed by atoms with Crippen LogP contribution in [0, 0.1) is 0 Å². The summed E-state index contributed by atoms with van der Waals surface area (Å²) in [5, 5.41) is 3.48. The van der Waals surface area contributed by atoms with Crippen LogP contribution in [0.5, 0.6) is 0 Å². The van der Waals surface area contributed by atoms with E-state index in [0.717, 1.165) is 50.7 Å². The van der Waals surface area contributed by atoms with Crippen molar-refractivity contribution in [3.8, 4) is 0 Å². The normalized spacial score (nSPS) is 21.4. The van der Waals surface area contributed by atoms with Gasteiger partial charge >= 0.3 is 6.18 Å². The van der Waals surface area contributed by atoms with Crippen LogP contribution in [0.3, 0.4) is 0 Å². The summed E-state index contributed by atoms with van der Waals surface area (Å²) >= 11 is 0. The first-order valence-corrected chi connectivity index (χ1v) is 7.02. The monoisotopic (exact) mass is 287 g/mol. The minimum absolute atomic E-state index is 0.486. The van der Waals surface area contributed by atoms with Gasteiger partial charge in [-0.15, -0.1) is 0 Å². The van der Waals surface area contributed by atoms with Gasteiger partial charge in [-0.05, 0) is 37.9 Å². The fourth-order valence-electron chi connectivity index (χ4n) is 2.45. The number of aromatic nitrogens is 1. The van der Waals surface area contributed by atoms with Gasteiger partial charge in [0.25, 0.3) is 0 Å². The number of nitrogens with one attached hydrogen (secondary N) is 1. The van der Waals surface area contributed by atoms with E-state index in [1.54, 1.807) is 0 Å². The van der Waals surface area contributed by atoms with E-state index in [1.165, 1.54) is 12.3 Å². The number of hydrogen-bond acceptors (Lipinski definition) is 3. The molecule has 2 heterocycles. The Bertz CT molecular complexity index is 417. The Balaban J connectivity index is 2.06. The van der Waals surface area contributed by atoms with Crippen molar-refractivity contribution in [3.63, 3.8) is 0 Å². The van der Waals surface area contributed by atoms with Crippen molar-refractivity contribution in [2.45, 2.75) is 38.4 Å². The van der Waals surface area contributed by atoms with E-state index in [4.69, 9.17) is 0 Å². The second kappa shape index (κ2) is 6.43. The molecule has 1 unspecified atom stereocenters. The zero-order chi connectivity index (χ0) is 14.6. The Morgan fingerprint density at radius 1 is 1.35 bits per heavy atom. The third-order valence-electron chi connectivity index (χ3n) is 3.68. The van der Waals surface area contributed by atoms with Gasteiger partial charge in [-0.3, -0.25) is 0 Å². The van der Waals surface area contributed by atoms with Gasteiger partial charge in [0, 0.05) is 19.1 Å². The molecule has 6 heteroatoms. The van der Waals surface area contributed by atoms with Gasteiger partial charge in [0.05, 0.1) is 11.9 Å². The van der Waals surface area contributed by atoms with Gasteiger partial charge < -0.3 is 10.2 Å². The van der Waals surface area contributed by atoms with Crippen molar-refractivity contribution in [2.75, 3.05) is 24.5 Å². The lowest BCUT2D eigenvalue weighted by atomic mass is 10.1. The van der Waals surface area contributed by atoms with E-state index in [2.05, 4.69) is 22.1 Å². The largest absolute Gasteiger partial charge is 0.433 e. The van der Waals surface area contributed by atoms with Gasteiger partial charge in [-0.1, -0.05) is 6.92 Å². The molecule has 1 fully saturated rings. The van der Waals surface area contributed by atoms with Crippen molar-refractivity contribution in [2.24, 2.45) is 0 Å². The molecular weight excluding hydrogens is 267 g/mol. The molecule has 0 bridgehead atoms. The molecule has 1 aromatic rings. The maximum Gasteiger partial charge on any atom is 0.433 e. The smallest absolute Gasteiger partial charge is 0.370 e. The molecule has 1 aliphatic rings. The number of nitrogens with zero attached hydrogens (tertiary/aromatic N) is 2. The van der Waals surface area contributed by atoms with Crippen molar-refractivity contribution in [1.29, 1.82) is 0 Å². The zero-order valence-electron chi connectivity index (χ0n) is 11.6. The third-order valence-corrected chi connectivity index (χ3v) is 3.68. The molecule has 1 aromatic heterocycles. The lowest BCUT2D eigenvalue weighted by molar-refractivity contribution is -0.141. The first-order valence-electron chi connectivity index (χ1n) is 7.02. The highest BCUT2D eigenvalue weighted by Gasteiger charge is 2.32. The molecule has 0 amide bonds. The molecule has 1 aliphatic heterocycles. The van der Waals surface area contributed by atoms with Crippen LogP contribution in [0.2, 0.25) is 0 Å². The summed E-state index contributed by atoms with van der Waals surface area (Å²) in [6, 6.07) is 3.07. The van der Waals surface area contributed by atoms with Crippen molar-refractivity contribution >= 4 is 5.69 Å². The van der Waals surface area contributed by atoms with E-state index >= 15 is 0 Å². The number of hydrogen-bond donors (Lipinski definition) is 1. The fraction of sp³-hybridized carbons (Fsp3) is 0.643. The van der Waals surface area contributed by atoms with Gasteiger partial charge in [0.2, 0.25) is 0 Å². The summed E-state index contributed by atoms with van der Waals surface area (Å²) in [6.07, 6.45) is 0.0129. The first kappa shape index (κ1) is 15.1. The first-order chi connectivity index (χ1) is 9.50. The van der Waals surface area contributed by atoms with Crippen LogP contribution >= 0.6 is 0 Å². The molecule has 0 aliphatic carbocycles. The van der Waals surface area contributed by atoms with Crippen LogP contribution in [0.25, 0.3) is 0 Å². The molecular formula is C14H20F3N3. The molecule has 0 spiro atoms.